The van der Waals surface area contributed by atoms with Crippen LogP contribution < -0.4 is 5.73 Å². The van der Waals surface area contributed by atoms with E-state index >= 15 is 0 Å². The molecule has 2 atom stereocenters. The van der Waals surface area contributed by atoms with Crippen LogP contribution in [-0.2, 0) is 0 Å². The molecule has 1 aromatic rings. The highest BCUT2D eigenvalue weighted by Gasteiger charge is 2.30. The first-order chi connectivity index (χ1) is 8.08. The minimum absolute atomic E-state index is 0.0551. The van der Waals surface area contributed by atoms with Crippen LogP contribution >= 0.6 is 0 Å². The average Bonchev–Trinajstić information content (AvgIpc) is 2.31. The highest BCUT2D eigenvalue weighted by molar-refractivity contribution is 5.65. The number of hydrogen-bond donors (Lipinski definition) is 2. The van der Waals surface area contributed by atoms with E-state index in [1.165, 1.54) is 17.0 Å². The summed E-state index contributed by atoms with van der Waals surface area (Å²) in [5.41, 5.74) is 6.89. The topological polar surface area (TPSA) is 66.6 Å². The molecule has 1 aromatic carbocycles. The number of piperidine rings is 1. The molecule has 2 rings (SSSR count). The molecule has 1 fully saturated rings. The van der Waals surface area contributed by atoms with Crippen LogP contribution in [0.3, 0.4) is 0 Å². The van der Waals surface area contributed by atoms with Crippen molar-refractivity contribution in [3.63, 3.8) is 0 Å². The summed E-state index contributed by atoms with van der Waals surface area (Å²) in [7, 11) is 0. The number of rotatable bonds is 1. The van der Waals surface area contributed by atoms with Gasteiger partial charge in [-0.1, -0.05) is 12.1 Å². The van der Waals surface area contributed by atoms with Gasteiger partial charge < -0.3 is 15.7 Å². The molecule has 0 saturated carbocycles. The molecule has 0 spiro atoms. The normalized spacial score (nSPS) is 24.7. The largest absolute Gasteiger partial charge is 0.465 e. The lowest BCUT2D eigenvalue weighted by Gasteiger charge is -2.35. The molecule has 4 nitrogen and oxygen atoms in total. The Bertz CT molecular complexity index is 407. The number of amides is 1. The second-order valence-electron chi connectivity index (χ2n) is 4.34. The minimum Gasteiger partial charge on any atom is -0.465 e. The standard InChI is InChI=1S/C12H15FN2O2/c13-9-3-1-8(2-4-9)10-7-15(12(16)17)6-5-11(10)14/h1-4,10-11H,5-7,14H2,(H,16,17)/t10-,11-/m0/s1. The van der Waals surface area contributed by atoms with Crippen LogP contribution in [0, 0.1) is 5.82 Å². The Labute approximate surface area is 98.8 Å². The molecule has 0 aromatic heterocycles. The van der Waals surface area contributed by atoms with Crippen LogP contribution in [0.5, 0.6) is 0 Å². The number of likely N-dealkylation sites (tertiary alicyclic amines) is 1. The van der Waals surface area contributed by atoms with Gasteiger partial charge in [0.1, 0.15) is 5.82 Å². The molecule has 0 radical (unpaired) electrons. The molecule has 1 saturated heterocycles. The highest BCUT2D eigenvalue weighted by atomic mass is 19.1. The lowest BCUT2D eigenvalue weighted by atomic mass is 9.87. The third-order valence-electron chi connectivity index (χ3n) is 3.23. The zero-order valence-corrected chi connectivity index (χ0v) is 9.34. The predicted molar refractivity (Wildman–Crippen MR) is 61.3 cm³/mol. The maximum Gasteiger partial charge on any atom is 0.407 e. The van der Waals surface area contributed by atoms with Crippen LogP contribution in [0.1, 0.15) is 17.9 Å². The van der Waals surface area contributed by atoms with Gasteiger partial charge in [-0.2, -0.15) is 0 Å². The fourth-order valence-corrected chi connectivity index (χ4v) is 2.21. The first-order valence-corrected chi connectivity index (χ1v) is 5.57. The van der Waals surface area contributed by atoms with Gasteiger partial charge >= 0.3 is 6.09 Å². The Morgan fingerprint density at radius 3 is 2.65 bits per heavy atom. The Morgan fingerprint density at radius 1 is 1.41 bits per heavy atom. The summed E-state index contributed by atoms with van der Waals surface area (Å²) in [6.45, 7) is 0.844. The van der Waals surface area contributed by atoms with Gasteiger partial charge in [-0.3, -0.25) is 0 Å². The van der Waals surface area contributed by atoms with Gasteiger partial charge in [0.05, 0.1) is 0 Å². The summed E-state index contributed by atoms with van der Waals surface area (Å²) in [5.74, 6) is -0.353. The molecule has 3 N–H and O–H groups in total. The molecule has 0 bridgehead atoms. The molecule has 17 heavy (non-hydrogen) atoms. The number of nitrogens with two attached hydrogens (primary N) is 1. The van der Waals surface area contributed by atoms with Gasteiger partial charge in [-0.15, -0.1) is 0 Å². The molecule has 0 aliphatic carbocycles. The van der Waals surface area contributed by atoms with Gasteiger partial charge in [0, 0.05) is 25.0 Å². The van der Waals surface area contributed by atoms with Crippen molar-refractivity contribution in [3.05, 3.63) is 35.6 Å². The molecule has 0 unspecified atom stereocenters. The van der Waals surface area contributed by atoms with Crippen molar-refractivity contribution in [2.24, 2.45) is 5.73 Å². The van der Waals surface area contributed by atoms with E-state index in [2.05, 4.69) is 0 Å². The number of benzene rings is 1. The first-order valence-electron chi connectivity index (χ1n) is 5.57. The van der Waals surface area contributed by atoms with Crippen LogP contribution in [0.4, 0.5) is 9.18 Å². The number of halogens is 1. The van der Waals surface area contributed by atoms with E-state index in [1.54, 1.807) is 12.1 Å². The Balaban J connectivity index is 2.17. The average molecular weight is 238 g/mol. The summed E-state index contributed by atoms with van der Waals surface area (Å²) in [4.78, 5) is 12.3. The second kappa shape index (κ2) is 4.71. The van der Waals surface area contributed by atoms with Crippen molar-refractivity contribution < 1.29 is 14.3 Å². The van der Waals surface area contributed by atoms with E-state index in [4.69, 9.17) is 10.8 Å². The van der Waals surface area contributed by atoms with Crippen molar-refractivity contribution in [2.75, 3.05) is 13.1 Å². The lowest BCUT2D eigenvalue weighted by molar-refractivity contribution is 0.126. The molecule has 1 aliphatic rings. The maximum atomic E-state index is 12.8. The fraction of sp³-hybridized carbons (Fsp3) is 0.417. The van der Waals surface area contributed by atoms with E-state index in [0.717, 1.165) is 5.56 Å². The highest BCUT2D eigenvalue weighted by Crippen LogP contribution is 2.26. The molecule has 1 amide bonds. The Morgan fingerprint density at radius 2 is 2.06 bits per heavy atom. The summed E-state index contributed by atoms with van der Waals surface area (Å²) >= 11 is 0. The third-order valence-corrected chi connectivity index (χ3v) is 3.23. The number of hydrogen-bond acceptors (Lipinski definition) is 2. The van der Waals surface area contributed by atoms with Crippen molar-refractivity contribution >= 4 is 6.09 Å². The van der Waals surface area contributed by atoms with Crippen molar-refractivity contribution in [1.29, 1.82) is 0 Å². The number of carboxylic acid groups (broad SMARTS) is 1. The van der Waals surface area contributed by atoms with E-state index in [-0.39, 0.29) is 17.8 Å². The summed E-state index contributed by atoms with van der Waals surface area (Å²) in [6, 6.07) is 6.02. The maximum absolute atomic E-state index is 12.8. The summed E-state index contributed by atoms with van der Waals surface area (Å²) in [5, 5.41) is 8.96. The Kier molecular flexibility index (Phi) is 3.28. The SMILES string of the molecule is N[C@H]1CCN(C(=O)O)C[C@H]1c1ccc(F)cc1. The van der Waals surface area contributed by atoms with E-state index in [1.807, 2.05) is 0 Å². The van der Waals surface area contributed by atoms with Gasteiger partial charge in [-0.25, -0.2) is 9.18 Å². The smallest absolute Gasteiger partial charge is 0.407 e. The fourth-order valence-electron chi connectivity index (χ4n) is 2.21. The molecule has 1 heterocycles. The zero-order valence-electron chi connectivity index (χ0n) is 9.34. The van der Waals surface area contributed by atoms with Crippen LogP contribution in [0.2, 0.25) is 0 Å². The van der Waals surface area contributed by atoms with Crippen molar-refractivity contribution in [2.45, 2.75) is 18.4 Å². The van der Waals surface area contributed by atoms with Crippen molar-refractivity contribution in [3.8, 4) is 0 Å². The number of carbonyl (C=O) groups is 1. The molecule has 92 valence electrons. The quantitative estimate of drug-likeness (QED) is 0.781. The third kappa shape index (κ3) is 2.55. The molecule has 5 heteroatoms. The molecular formula is C12H15FN2O2. The van der Waals surface area contributed by atoms with E-state index in [9.17, 15) is 9.18 Å². The first kappa shape index (κ1) is 11.9. The Hall–Kier alpha value is -1.62. The van der Waals surface area contributed by atoms with Gasteiger partial charge in [0.2, 0.25) is 0 Å². The van der Waals surface area contributed by atoms with E-state index < -0.39 is 6.09 Å². The summed E-state index contributed by atoms with van der Waals surface area (Å²) < 4.78 is 12.8. The van der Waals surface area contributed by atoms with Crippen LogP contribution in [0.15, 0.2) is 24.3 Å². The lowest BCUT2D eigenvalue weighted by Crippen LogP contribution is -2.47. The van der Waals surface area contributed by atoms with E-state index in [0.29, 0.717) is 19.5 Å². The van der Waals surface area contributed by atoms with Gasteiger partial charge in [-0.05, 0) is 24.1 Å². The number of nitrogens with zero attached hydrogens (tertiary/aromatic N) is 1. The monoisotopic (exact) mass is 238 g/mol. The van der Waals surface area contributed by atoms with Crippen LogP contribution in [0.25, 0.3) is 0 Å². The molecule has 1 aliphatic heterocycles. The zero-order chi connectivity index (χ0) is 12.4. The summed E-state index contributed by atoms with van der Waals surface area (Å²) in [6.07, 6.45) is -0.294. The van der Waals surface area contributed by atoms with Crippen molar-refractivity contribution in [1.82, 2.24) is 4.90 Å². The second-order valence-corrected chi connectivity index (χ2v) is 4.34. The van der Waals surface area contributed by atoms with Gasteiger partial charge in [0.15, 0.2) is 0 Å². The predicted octanol–water partition coefficient (Wildman–Crippen LogP) is 1.62. The minimum atomic E-state index is -0.927. The molecular weight excluding hydrogens is 223 g/mol. The van der Waals surface area contributed by atoms with Crippen LogP contribution in [-0.4, -0.2) is 35.2 Å². The van der Waals surface area contributed by atoms with Gasteiger partial charge in [0.25, 0.3) is 0 Å².